The maximum absolute atomic E-state index is 11.9. The summed E-state index contributed by atoms with van der Waals surface area (Å²) in [5, 5.41) is 0. The van der Waals surface area contributed by atoms with Gasteiger partial charge in [0.2, 0.25) is 0 Å². The van der Waals surface area contributed by atoms with E-state index in [1.54, 1.807) is 0 Å². The zero-order valence-corrected chi connectivity index (χ0v) is 35.0. The Morgan fingerprint density at radius 2 is 0.412 bits per heavy atom. The lowest BCUT2D eigenvalue weighted by Gasteiger charge is -2.07. The molecule has 0 saturated carbocycles. The van der Waals surface area contributed by atoms with Gasteiger partial charge in [-0.2, -0.15) is 0 Å². The normalized spacial score (nSPS) is 11.3. The van der Waals surface area contributed by atoms with Crippen LogP contribution >= 0.6 is 0 Å². The maximum Gasteiger partial charge on any atom is 0.317 e. The second-order valence-corrected chi connectivity index (χ2v) is 16.1. The lowest BCUT2D eigenvalue weighted by atomic mass is 10.0. The van der Waals surface area contributed by atoms with Gasteiger partial charge in [0, 0.05) is 0 Å². The molecule has 0 bridgehead atoms. The minimum Gasteiger partial charge on any atom is -0.465 e. The molecule has 0 atom stereocenters. The Hall–Kier alpha value is -1.06. The molecule has 0 aromatic rings. The number of hydrogen-bond acceptors (Lipinski definition) is 4. The van der Waals surface area contributed by atoms with Gasteiger partial charge in [0.05, 0.1) is 13.2 Å². The second-order valence-electron chi connectivity index (χ2n) is 16.1. The van der Waals surface area contributed by atoms with Gasteiger partial charge in [-0.25, -0.2) is 0 Å². The van der Waals surface area contributed by atoms with E-state index in [4.69, 9.17) is 9.47 Å². The van der Waals surface area contributed by atoms with E-state index in [1.165, 1.54) is 231 Å². The summed E-state index contributed by atoms with van der Waals surface area (Å²) in [5.74, 6) is -0.886. The molecule has 0 aliphatic heterocycles. The van der Waals surface area contributed by atoms with Crippen molar-refractivity contribution in [2.45, 2.75) is 277 Å². The minimum atomic E-state index is -0.443. The van der Waals surface area contributed by atoms with E-state index in [0.29, 0.717) is 13.2 Å². The highest BCUT2D eigenvalue weighted by atomic mass is 16.6. The Bertz CT molecular complexity index is 621. The first kappa shape index (κ1) is 49.9. The Morgan fingerprint density at radius 1 is 0.255 bits per heavy atom. The number of ether oxygens (including phenoxy) is 2. The monoisotopic (exact) mass is 721 g/mol. The molecule has 51 heavy (non-hydrogen) atoms. The summed E-state index contributed by atoms with van der Waals surface area (Å²) in [5.41, 5.74) is 0. The zero-order chi connectivity index (χ0) is 37.0. The SMILES string of the molecule is CCCCCCCCCCCCCCCCCCCCCCOC(=O)CC(=O)OCCCCCCCCCCCCCCCCCCCCCC. The van der Waals surface area contributed by atoms with Gasteiger partial charge in [0.15, 0.2) is 0 Å². The first-order valence-corrected chi connectivity index (χ1v) is 23.5. The van der Waals surface area contributed by atoms with Crippen molar-refractivity contribution in [2.24, 2.45) is 0 Å². The van der Waals surface area contributed by atoms with Crippen LogP contribution in [-0.2, 0) is 19.1 Å². The van der Waals surface area contributed by atoms with Gasteiger partial charge in [-0.3, -0.25) is 9.59 Å². The number of unbranched alkanes of at least 4 members (excludes halogenated alkanes) is 38. The highest BCUT2D eigenvalue weighted by Crippen LogP contribution is 2.17. The summed E-state index contributed by atoms with van der Waals surface area (Å²) in [6.45, 7) is 5.42. The van der Waals surface area contributed by atoms with E-state index in [0.717, 1.165) is 25.7 Å². The molecule has 0 radical (unpaired) electrons. The van der Waals surface area contributed by atoms with Crippen LogP contribution in [-0.4, -0.2) is 25.2 Å². The maximum atomic E-state index is 11.9. The molecule has 0 unspecified atom stereocenters. The molecule has 0 saturated heterocycles. The molecule has 0 N–H and O–H groups in total. The fourth-order valence-electron chi connectivity index (χ4n) is 7.31. The average molecular weight is 721 g/mol. The third-order valence-electron chi connectivity index (χ3n) is 10.8. The predicted octanol–water partition coefficient (Wildman–Crippen LogP) is 16.1. The number of rotatable bonds is 44. The Kier molecular flexibility index (Phi) is 44.2. The van der Waals surface area contributed by atoms with Crippen molar-refractivity contribution in [3.63, 3.8) is 0 Å². The molecule has 0 amide bonds. The summed E-state index contributed by atoms with van der Waals surface area (Å²) in [6, 6.07) is 0. The molecule has 0 heterocycles. The Morgan fingerprint density at radius 3 is 0.588 bits per heavy atom. The smallest absolute Gasteiger partial charge is 0.317 e. The van der Waals surface area contributed by atoms with Crippen molar-refractivity contribution < 1.29 is 19.1 Å². The summed E-state index contributed by atoms with van der Waals surface area (Å²) in [7, 11) is 0. The molecular formula is C47H92O4. The van der Waals surface area contributed by atoms with Crippen LogP contribution in [0.25, 0.3) is 0 Å². The van der Waals surface area contributed by atoms with Crippen LogP contribution in [0.5, 0.6) is 0 Å². The molecule has 0 aromatic heterocycles. The van der Waals surface area contributed by atoms with E-state index in [9.17, 15) is 9.59 Å². The van der Waals surface area contributed by atoms with Crippen LogP contribution in [0.4, 0.5) is 0 Å². The van der Waals surface area contributed by atoms with Gasteiger partial charge in [0.25, 0.3) is 0 Å². The molecule has 0 rings (SSSR count). The first-order valence-electron chi connectivity index (χ1n) is 23.5. The van der Waals surface area contributed by atoms with Crippen LogP contribution in [0.15, 0.2) is 0 Å². The van der Waals surface area contributed by atoms with Crippen LogP contribution in [0.3, 0.4) is 0 Å². The first-order chi connectivity index (χ1) is 25.2. The molecule has 0 aromatic carbocycles. The predicted molar refractivity (Wildman–Crippen MR) is 223 cm³/mol. The third kappa shape index (κ3) is 45.0. The van der Waals surface area contributed by atoms with Gasteiger partial charge < -0.3 is 9.47 Å². The van der Waals surface area contributed by atoms with Gasteiger partial charge >= 0.3 is 11.9 Å². The van der Waals surface area contributed by atoms with Crippen LogP contribution in [0.1, 0.15) is 277 Å². The highest BCUT2D eigenvalue weighted by molar-refractivity contribution is 5.91. The summed E-state index contributed by atoms with van der Waals surface area (Å²) >= 11 is 0. The van der Waals surface area contributed by atoms with E-state index in [1.807, 2.05) is 0 Å². The molecule has 0 fully saturated rings. The van der Waals surface area contributed by atoms with Crippen molar-refractivity contribution in [1.29, 1.82) is 0 Å². The molecular weight excluding hydrogens is 629 g/mol. The molecule has 304 valence electrons. The minimum absolute atomic E-state index is 0.252. The van der Waals surface area contributed by atoms with Gasteiger partial charge in [0.1, 0.15) is 6.42 Å². The molecule has 4 nitrogen and oxygen atoms in total. The number of hydrogen-bond donors (Lipinski definition) is 0. The van der Waals surface area contributed by atoms with Crippen LogP contribution < -0.4 is 0 Å². The van der Waals surface area contributed by atoms with Crippen molar-refractivity contribution >= 4 is 11.9 Å². The molecule has 0 aliphatic carbocycles. The van der Waals surface area contributed by atoms with Crippen LogP contribution in [0, 0.1) is 0 Å². The van der Waals surface area contributed by atoms with Gasteiger partial charge in [-0.05, 0) is 12.8 Å². The lowest BCUT2D eigenvalue weighted by Crippen LogP contribution is -2.15. The second kappa shape index (κ2) is 45.1. The Labute approximate surface area is 320 Å². The van der Waals surface area contributed by atoms with Crippen molar-refractivity contribution in [2.75, 3.05) is 13.2 Å². The average Bonchev–Trinajstić information content (AvgIpc) is 3.12. The van der Waals surface area contributed by atoms with Crippen molar-refractivity contribution in [3.05, 3.63) is 0 Å². The zero-order valence-electron chi connectivity index (χ0n) is 35.0. The fraction of sp³-hybridized carbons (Fsp3) is 0.957. The summed E-state index contributed by atoms with van der Waals surface area (Å²) in [6.07, 6.45) is 53.9. The highest BCUT2D eigenvalue weighted by Gasteiger charge is 2.11. The fourth-order valence-corrected chi connectivity index (χ4v) is 7.31. The number of carbonyl (C=O) groups excluding carboxylic acids is 2. The Balaban J connectivity index is 3.24. The molecule has 0 aliphatic rings. The van der Waals surface area contributed by atoms with Crippen LogP contribution in [0.2, 0.25) is 0 Å². The molecule has 4 heteroatoms. The van der Waals surface area contributed by atoms with E-state index in [2.05, 4.69) is 13.8 Å². The summed E-state index contributed by atoms with van der Waals surface area (Å²) < 4.78 is 10.5. The van der Waals surface area contributed by atoms with E-state index < -0.39 is 11.9 Å². The largest absolute Gasteiger partial charge is 0.465 e. The topological polar surface area (TPSA) is 52.6 Å². The van der Waals surface area contributed by atoms with E-state index in [-0.39, 0.29) is 6.42 Å². The van der Waals surface area contributed by atoms with Gasteiger partial charge in [-0.1, -0.05) is 258 Å². The third-order valence-corrected chi connectivity index (χ3v) is 10.8. The molecule has 0 spiro atoms. The van der Waals surface area contributed by atoms with Gasteiger partial charge in [-0.15, -0.1) is 0 Å². The summed E-state index contributed by atoms with van der Waals surface area (Å²) in [4.78, 5) is 23.9. The standard InChI is InChI=1S/C47H92O4/c1-3-5-7-9-11-13-15-17-19-21-23-25-27-29-31-33-35-37-39-41-43-50-46(48)45-47(49)51-44-42-40-38-36-34-32-30-28-26-24-22-20-18-16-14-12-10-8-6-4-2/h3-45H2,1-2H3. The van der Waals surface area contributed by atoms with E-state index >= 15 is 0 Å². The quantitative estimate of drug-likeness (QED) is 0.0357. The van der Waals surface area contributed by atoms with Crippen molar-refractivity contribution in [3.8, 4) is 0 Å². The number of esters is 2. The van der Waals surface area contributed by atoms with Crippen molar-refractivity contribution in [1.82, 2.24) is 0 Å². The lowest BCUT2D eigenvalue weighted by molar-refractivity contribution is -0.154. The number of carbonyl (C=O) groups is 2.